The van der Waals surface area contributed by atoms with E-state index in [-0.39, 0.29) is 52.9 Å². The third-order valence-electron chi connectivity index (χ3n) is 6.82. The molecule has 9 nitrogen and oxygen atoms in total. The van der Waals surface area contributed by atoms with Gasteiger partial charge in [-0.1, -0.05) is 53.5 Å². The summed E-state index contributed by atoms with van der Waals surface area (Å²) in [6.45, 7) is 1.98. The number of aromatic nitrogens is 1. The number of amides is 1. The number of hydrogen-bond acceptors (Lipinski definition) is 7. The van der Waals surface area contributed by atoms with Crippen LogP contribution in [0.5, 0.6) is 5.75 Å². The van der Waals surface area contributed by atoms with Gasteiger partial charge in [0, 0.05) is 33.9 Å². The van der Waals surface area contributed by atoms with Crippen molar-refractivity contribution < 1.29 is 17.9 Å². The molecule has 3 N–H and O–H groups in total. The van der Waals surface area contributed by atoms with Crippen LogP contribution in [0.15, 0.2) is 76.7 Å². The molecule has 228 valence electrons. The van der Waals surface area contributed by atoms with Crippen LogP contribution in [0, 0.1) is 6.92 Å². The van der Waals surface area contributed by atoms with E-state index in [9.17, 15) is 13.2 Å². The third-order valence-corrected chi connectivity index (χ3v) is 9.66. The van der Waals surface area contributed by atoms with Gasteiger partial charge in [0.05, 0.1) is 11.2 Å². The van der Waals surface area contributed by atoms with E-state index in [4.69, 9.17) is 33.8 Å². The number of nitrogens with zero attached hydrogens (tertiary/aromatic N) is 3. The molecule has 2 heterocycles. The average Bonchev–Trinajstić information content (AvgIpc) is 3.45. The lowest BCUT2D eigenvalue weighted by molar-refractivity contribution is -0.119. The molecule has 1 aliphatic heterocycles. The largest absolute Gasteiger partial charge is 0.487 e. The molecule has 0 saturated carbocycles. The Morgan fingerprint density at radius 1 is 1.14 bits per heavy atom. The van der Waals surface area contributed by atoms with Crippen molar-refractivity contribution in [1.29, 1.82) is 0 Å². The number of pyridine rings is 1. The van der Waals surface area contributed by atoms with Gasteiger partial charge in [-0.15, -0.1) is 24.8 Å². The zero-order chi connectivity index (χ0) is 29.1. The van der Waals surface area contributed by atoms with E-state index < -0.39 is 22.0 Å². The normalized spacial score (nSPS) is 15.2. The number of benzene rings is 3. The molecule has 0 aliphatic carbocycles. The fraction of sp³-hybridized carbons (Fsp3) is 0.207. The maximum Gasteiger partial charge on any atom is 0.245 e. The first kappa shape index (κ1) is 34.4. The van der Waals surface area contributed by atoms with Gasteiger partial charge in [-0.3, -0.25) is 4.79 Å². The zero-order valence-corrected chi connectivity index (χ0v) is 26.8. The van der Waals surface area contributed by atoms with Crippen molar-refractivity contribution in [3.63, 3.8) is 0 Å². The topological polar surface area (TPSA) is 127 Å². The lowest BCUT2D eigenvalue weighted by Gasteiger charge is -2.24. The number of anilines is 1. The van der Waals surface area contributed by atoms with E-state index in [1.807, 2.05) is 31.2 Å². The van der Waals surface area contributed by atoms with Gasteiger partial charge in [0.2, 0.25) is 15.9 Å². The summed E-state index contributed by atoms with van der Waals surface area (Å²) in [4.78, 5) is 17.6. The Labute approximate surface area is 272 Å². The smallest absolute Gasteiger partial charge is 0.245 e. The van der Waals surface area contributed by atoms with Gasteiger partial charge in [0.15, 0.2) is 0 Å². The molecule has 1 fully saturated rings. The monoisotopic (exact) mass is 683 g/mol. The van der Waals surface area contributed by atoms with Gasteiger partial charge in [-0.05, 0) is 61.7 Å². The summed E-state index contributed by atoms with van der Waals surface area (Å²) < 4.78 is 34.9. The maximum atomic E-state index is 13.8. The molecule has 0 radical (unpaired) electrons. The van der Waals surface area contributed by atoms with Crippen LogP contribution in [0.1, 0.15) is 29.7 Å². The van der Waals surface area contributed by atoms with E-state index in [0.29, 0.717) is 40.9 Å². The van der Waals surface area contributed by atoms with Gasteiger partial charge in [0.25, 0.3) is 0 Å². The maximum absolute atomic E-state index is 13.8. The van der Waals surface area contributed by atoms with Crippen molar-refractivity contribution in [2.45, 2.75) is 37.3 Å². The second-order valence-corrected chi connectivity index (χ2v) is 12.2. The first-order valence-corrected chi connectivity index (χ1v) is 15.0. The highest BCUT2D eigenvalue weighted by atomic mass is 35.5. The quantitative estimate of drug-likeness (QED) is 0.126. The lowest BCUT2D eigenvalue weighted by atomic mass is 10.2. The molecular weight excluding hydrogens is 656 g/mol. The van der Waals surface area contributed by atoms with Gasteiger partial charge in [0.1, 0.15) is 28.8 Å². The minimum Gasteiger partial charge on any atom is -0.487 e. The Bertz CT molecular complexity index is 1770. The Hall–Kier alpha value is -3.12. The number of nitrogens with two attached hydrogens (primary N) is 1. The second kappa shape index (κ2) is 14.6. The molecule has 0 bridgehead atoms. The number of carbonyl (C=O) groups excluding carboxylic acids is 1. The first-order chi connectivity index (χ1) is 19.7. The number of rotatable bonds is 8. The molecule has 43 heavy (non-hydrogen) atoms. The molecule has 1 aromatic heterocycles. The molecule has 5 rings (SSSR count). The van der Waals surface area contributed by atoms with Crippen LogP contribution in [0.2, 0.25) is 10.0 Å². The summed E-state index contributed by atoms with van der Waals surface area (Å²) in [5.74, 6) is 5.29. The fourth-order valence-corrected chi connectivity index (χ4v) is 7.34. The fourth-order valence-electron chi connectivity index (χ4n) is 4.82. The van der Waals surface area contributed by atoms with Gasteiger partial charge < -0.3 is 15.9 Å². The lowest BCUT2D eigenvalue weighted by Crippen LogP contribution is -2.43. The van der Waals surface area contributed by atoms with Crippen molar-refractivity contribution in [2.24, 2.45) is 10.9 Å². The minimum absolute atomic E-state index is 0. The molecular formula is C29H29Cl4N5O4S. The number of ether oxygens (including phenoxy) is 1. The highest BCUT2D eigenvalue weighted by Gasteiger charge is 2.40. The minimum atomic E-state index is -4.16. The molecule has 1 aliphatic rings. The molecule has 14 heteroatoms. The van der Waals surface area contributed by atoms with Gasteiger partial charge in [-0.2, -0.15) is 9.41 Å². The van der Waals surface area contributed by atoms with E-state index in [1.165, 1.54) is 22.7 Å². The number of nitrogens with one attached hydrogen (secondary N) is 1. The number of halogens is 4. The Morgan fingerprint density at radius 2 is 1.91 bits per heavy atom. The van der Waals surface area contributed by atoms with Crippen LogP contribution in [0.3, 0.4) is 0 Å². The van der Waals surface area contributed by atoms with Crippen molar-refractivity contribution >= 4 is 86.8 Å². The van der Waals surface area contributed by atoms with Crippen LogP contribution in [0.4, 0.5) is 5.69 Å². The molecule has 1 atom stereocenters. The molecule has 4 aromatic rings. The summed E-state index contributed by atoms with van der Waals surface area (Å²) in [7, 11) is -4.16. The Balaban J connectivity index is 0.00000253. The predicted octanol–water partition coefficient (Wildman–Crippen LogP) is 6.36. The number of sulfonamides is 1. The Kier molecular flexibility index (Phi) is 11.6. The number of aryl methyl sites for hydroxylation is 1. The predicted molar refractivity (Wildman–Crippen MR) is 176 cm³/mol. The zero-order valence-electron chi connectivity index (χ0n) is 22.9. The van der Waals surface area contributed by atoms with E-state index >= 15 is 0 Å². The first-order valence-electron chi connectivity index (χ1n) is 12.8. The van der Waals surface area contributed by atoms with Crippen molar-refractivity contribution in [3.05, 3.63) is 93.6 Å². The summed E-state index contributed by atoms with van der Waals surface area (Å²) in [6, 6.07) is 18.2. The summed E-state index contributed by atoms with van der Waals surface area (Å²) in [5, 5.41) is 7.40. The van der Waals surface area contributed by atoms with Crippen LogP contribution in [0.25, 0.3) is 10.9 Å². The number of fused-ring (bicyclic) bond motifs is 1. The highest BCUT2D eigenvalue weighted by molar-refractivity contribution is 7.89. The molecule has 3 aromatic carbocycles. The van der Waals surface area contributed by atoms with E-state index in [0.717, 1.165) is 11.1 Å². The van der Waals surface area contributed by atoms with Crippen LogP contribution < -0.4 is 15.9 Å². The van der Waals surface area contributed by atoms with Crippen LogP contribution >= 0.6 is 48.0 Å². The summed E-state index contributed by atoms with van der Waals surface area (Å²) in [6.07, 6.45) is 2.33. The molecule has 0 unspecified atom stereocenters. The number of hydrogen-bond donors (Lipinski definition) is 2. The van der Waals surface area contributed by atoms with Gasteiger partial charge >= 0.3 is 0 Å². The van der Waals surface area contributed by atoms with Crippen LogP contribution in [-0.2, 0) is 21.4 Å². The van der Waals surface area contributed by atoms with Crippen molar-refractivity contribution in [2.75, 3.05) is 11.9 Å². The van der Waals surface area contributed by atoms with Crippen molar-refractivity contribution in [1.82, 2.24) is 9.29 Å². The second-order valence-electron chi connectivity index (χ2n) is 9.57. The average molecular weight is 685 g/mol. The third kappa shape index (κ3) is 7.34. The standard InChI is InChI=1S/C29H27Cl2N5O4S.2ClH/c1-18-10-11-20-6-3-9-25(28(20)34-18)40-17-22-23(30)12-13-26(27(22)31)41(38,39)36-14-4-8-24(36)29(37)35-21-7-2-5-19(15-21)16-33-32;;/h2-3,5-7,9-13,15-16,24H,4,8,14,17,32H2,1H3,(H,35,37);2*1H/t24-;;/m0../s1. The molecule has 1 saturated heterocycles. The number of para-hydroxylation sites is 1. The summed E-state index contributed by atoms with van der Waals surface area (Å²) in [5.41, 5.74) is 3.02. The molecule has 0 spiro atoms. The Morgan fingerprint density at radius 3 is 2.67 bits per heavy atom. The van der Waals surface area contributed by atoms with Crippen molar-refractivity contribution in [3.8, 4) is 5.75 Å². The number of hydrazone groups is 1. The summed E-state index contributed by atoms with van der Waals surface area (Å²) >= 11 is 13.1. The van der Waals surface area contributed by atoms with Crippen LogP contribution in [-0.4, -0.2) is 42.4 Å². The number of carbonyl (C=O) groups is 1. The van der Waals surface area contributed by atoms with E-state index in [2.05, 4.69) is 15.4 Å². The highest BCUT2D eigenvalue weighted by Crippen LogP contribution is 2.36. The van der Waals surface area contributed by atoms with Gasteiger partial charge in [-0.25, -0.2) is 13.4 Å². The SMILES string of the molecule is Cc1ccc2cccc(OCc3c(Cl)ccc(S(=O)(=O)N4CCC[C@H]4C(=O)Nc4cccc(C=NN)c4)c3Cl)c2n1.Cl.Cl. The molecule has 1 amide bonds. The van der Waals surface area contributed by atoms with E-state index in [1.54, 1.807) is 30.3 Å².